The highest BCUT2D eigenvalue weighted by Gasteiger charge is 2.26. The van der Waals surface area contributed by atoms with Gasteiger partial charge in [0.25, 0.3) is 5.91 Å². The molecule has 0 N–H and O–H groups in total. The molecule has 0 saturated carbocycles. The van der Waals surface area contributed by atoms with E-state index in [1.54, 1.807) is 15.9 Å². The third kappa shape index (κ3) is 3.08. The Labute approximate surface area is 115 Å². The first-order chi connectivity index (χ1) is 9.13. The third-order valence-corrected chi connectivity index (χ3v) is 3.33. The van der Waals surface area contributed by atoms with Gasteiger partial charge >= 0.3 is 0 Å². The highest BCUT2D eigenvalue weighted by atomic mass is 35.5. The van der Waals surface area contributed by atoms with Crippen LogP contribution >= 0.6 is 11.6 Å². The normalized spacial score (nSPS) is 15.7. The van der Waals surface area contributed by atoms with Gasteiger partial charge in [0.2, 0.25) is 11.1 Å². The van der Waals surface area contributed by atoms with E-state index in [9.17, 15) is 9.59 Å². The highest BCUT2D eigenvalue weighted by molar-refractivity contribution is 6.32. The van der Waals surface area contributed by atoms with E-state index in [-0.39, 0.29) is 23.6 Å². The Morgan fingerprint density at radius 3 is 2.47 bits per heavy atom. The lowest BCUT2D eigenvalue weighted by Gasteiger charge is -2.34. The fourth-order valence-corrected chi connectivity index (χ4v) is 2.19. The number of nitrogens with zero attached hydrogens (tertiary/aromatic N) is 2. The fraction of sp³-hybridized carbons (Fsp3) is 0.500. The van der Waals surface area contributed by atoms with Gasteiger partial charge in [-0.25, -0.2) is 0 Å². The molecule has 7 heteroatoms. The van der Waals surface area contributed by atoms with Crippen LogP contribution in [0.25, 0.3) is 0 Å². The van der Waals surface area contributed by atoms with Crippen molar-refractivity contribution in [2.24, 2.45) is 0 Å². The molecule has 0 aromatic carbocycles. The number of carbonyl (C=O) groups excluding carboxylic acids is 2. The average Bonchev–Trinajstić information content (AvgIpc) is 2.84. The number of furan rings is 1. The van der Waals surface area contributed by atoms with Crippen LogP contribution in [0.15, 0.2) is 16.7 Å². The number of ether oxygens (including phenoxy) is 1. The summed E-state index contributed by atoms with van der Waals surface area (Å²) < 4.78 is 9.71. The predicted octanol–water partition coefficient (Wildman–Crippen LogP) is 0.864. The number of methoxy groups -OCH3 is 1. The number of carbonyl (C=O) groups is 2. The van der Waals surface area contributed by atoms with Crippen LogP contribution in [0.4, 0.5) is 0 Å². The van der Waals surface area contributed by atoms with Gasteiger partial charge in [0, 0.05) is 33.3 Å². The minimum Gasteiger partial charge on any atom is -0.452 e. The van der Waals surface area contributed by atoms with Gasteiger partial charge in [0.1, 0.15) is 6.61 Å². The second-order valence-electron chi connectivity index (χ2n) is 4.21. The van der Waals surface area contributed by atoms with Crippen LogP contribution in [-0.4, -0.2) is 61.5 Å². The maximum atomic E-state index is 12.1. The zero-order chi connectivity index (χ0) is 13.8. The predicted molar refractivity (Wildman–Crippen MR) is 68.1 cm³/mol. The number of hydrogen-bond donors (Lipinski definition) is 0. The lowest BCUT2D eigenvalue weighted by molar-refractivity contribution is -0.136. The molecule has 1 aromatic heterocycles. The molecule has 0 aliphatic carbocycles. The number of halogens is 1. The van der Waals surface area contributed by atoms with Crippen molar-refractivity contribution in [2.75, 3.05) is 39.9 Å². The maximum absolute atomic E-state index is 12.1. The Kier molecular flexibility index (Phi) is 4.44. The Hall–Kier alpha value is -1.53. The van der Waals surface area contributed by atoms with E-state index >= 15 is 0 Å². The molecule has 0 atom stereocenters. The summed E-state index contributed by atoms with van der Waals surface area (Å²) in [5.41, 5.74) is 0.360. The maximum Gasteiger partial charge on any atom is 0.258 e. The molecule has 0 bridgehead atoms. The summed E-state index contributed by atoms with van der Waals surface area (Å²) in [5, 5.41) is 0.0999. The molecule has 1 aliphatic heterocycles. The molecule has 1 fully saturated rings. The molecule has 1 saturated heterocycles. The zero-order valence-corrected chi connectivity index (χ0v) is 11.4. The van der Waals surface area contributed by atoms with Crippen molar-refractivity contribution in [3.8, 4) is 0 Å². The number of rotatable bonds is 3. The summed E-state index contributed by atoms with van der Waals surface area (Å²) in [6.07, 6.45) is 1.38. The van der Waals surface area contributed by atoms with Crippen molar-refractivity contribution in [1.82, 2.24) is 9.80 Å². The van der Waals surface area contributed by atoms with Gasteiger partial charge in [0.05, 0.1) is 11.8 Å². The quantitative estimate of drug-likeness (QED) is 0.827. The van der Waals surface area contributed by atoms with E-state index in [0.29, 0.717) is 31.7 Å². The molecule has 19 heavy (non-hydrogen) atoms. The smallest absolute Gasteiger partial charge is 0.258 e. The Morgan fingerprint density at radius 1 is 1.32 bits per heavy atom. The molecule has 0 radical (unpaired) electrons. The van der Waals surface area contributed by atoms with E-state index in [2.05, 4.69) is 0 Å². The molecule has 2 amide bonds. The van der Waals surface area contributed by atoms with Crippen LogP contribution < -0.4 is 0 Å². The lowest BCUT2D eigenvalue weighted by Crippen LogP contribution is -2.51. The summed E-state index contributed by atoms with van der Waals surface area (Å²) >= 11 is 5.78. The lowest BCUT2D eigenvalue weighted by atomic mass is 10.2. The van der Waals surface area contributed by atoms with Gasteiger partial charge in [-0.1, -0.05) is 0 Å². The zero-order valence-electron chi connectivity index (χ0n) is 10.6. The summed E-state index contributed by atoms with van der Waals surface area (Å²) in [6, 6.07) is 1.55. The Morgan fingerprint density at radius 2 is 1.95 bits per heavy atom. The number of hydrogen-bond acceptors (Lipinski definition) is 4. The van der Waals surface area contributed by atoms with Gasteiger partial charge < -0.3 is 19.0 Å². The topological polar surface area (TPSA) is 63.0 Å². The Balaban J connectivity index is 1.92. The van der Waals surface area contributed by atoms with Crippen LogP contribution in [0.2, 0.25) is 5.22 Å². The van der Waals surface area contributed by atoms with E-state index in [0.717, 1.165) is 0 Å². The first-order valence-corrected chi connectivity index (χ1v) is 6.30. The molecule has 2 rings (SSSR count). The van der Waals surface area contributed by atoms with Crippen molar-refractivity contribution >= 4 is 23.4 Å². The third-order valence-electron chi connectivity index (χ3n) is 3.04. The molecular formula is C12H15ClN2O4. The van der Waals surface area contributed by atoms with Crippen molar-refractivity contribution < 1.29 is 18.7 Å². The summed E-state index contributed by atoms with van der Waals surface area (Å²) in [5.74, 6) is -0.228. The molecule has 0 unspecified atom stereocenters. The molecule has 2 heterocycles. The Bertz CT molecular complexity index is 466. The van der Waals surface area contributed by atoms with E-state index < -0.39 is 0 Å². The molecular weight excluding hydrogens is 272 g/mol. The minimum atomic E-state index is -0.169. The van der Waals surface area contributed by atoms with Crippen LogP contribution in [0.3, 0.4) is 0 Å². The van der Waals surface area contributed by atoms with Crippen LogP contribution in [0.1, 0.15) is 10.4 Å². The minimum absolute atomic E-state index is 0.0593. The SMILES string of the molecule is COCC(=O)N1CCN(C(=O)c2ccoc2Cl)CC1. The van der Waals surface area contributed by atoms with Crippen molar-refractivity contribution in [1.29, 1.82) is 0 Å². The van der Waals surface area contributed by atoms with Crippen molar-refractivity contribution in [3.63, 3.8) is 0 Å². The molecule has 1 aliphatic rings. The van der Waals surface area contributed by atoms with Gasteiger partial charge in [-0.2, -0.15) is 0 Å². The number of piperazine rings is 1. The fourth-order valence-electron chi connectivity index (χ4n) is 1.99. The second kappa shape index (κ2) is 6.08. The van der Waals surface area contributed by atoms with E-state index in [1.807, 2.05) is 0 Å². The molecule has 104 valence electrons. The first-order valence-electron chi connectivity index (χ1n) is 5.92. The van der Waals surface area contributed by atoms with Gasteiger partial charge in [-0.15, -0.1) is 0 Å². The van der Waals surface area contributed by atoms with Crippen LogP contribution in [0.5, 0.6) is 0 Å². The monoisotopic (exact) mass is 286 g/mol. The van der Waals surface area contributed by atoms with Crippen molar-refractivity contribution in [2.45, 2.75) is 0 Å². The molecule has 6 nitrogen and oxygen atoms in total. The van der Waals surface area contributed by atoms with Crippen LogP contribution in [0, 0.1) is 0 Å². The summed E-state index contributed by atoms with van der Waals surface area (Å²) in [7, 11) is 1.48. The largest absolute Gasteiger partial charge is 0.452 e. The standard InChI is InChI=1S/C12H15ClN2O4/c1-18-8-10(16)14-3-5-15(6-4-14)12(17)9-2-7-19-11(9)13/h2,7H,3-6,8H2,1H3. The van der Waals surface area contributed by atoms with Gasteiger partial charge in [-0.05, 0) is 17.7 Å². The number of amides is 2. The second-order valence-corrected chi connectivity index (χ2v) is 4.56. The summed E-state index contributed by atoms with van der Waals surface area (Å²) in [6.45, 7) is 2.04. The van der Waals surface area contributed by atoms with Crippen LogP contribution in [-0.2, 0) is 9.53 Å². The van der Waals surface area contributed by atoms with E-state index in [1.165, 1.54) is 13.4 Å². The van der Waals surface area contributed by atoms with E-state index in [4.69, 9.17) is 20.8 Å². The van der Waals surface area contributed by atoms with Gasteiger partial charge in [0.15, 0.2) is 0 Å². The summed E-state index contributed by atoms with van der Waals surface area (Å²) in [4.78, 5) is 27.1. The van der Waals surface area contributed by atoms with Gasteiger partial charge in [-0.3, -0.25) is 9.59 Å². The highest BCUT2D eigenvalue weighted by Crippen LogP contribution is 2.19. The first kappa shape index (κ1) is 13.9. The molecule has 0 spiro atoms. The average molecular weight is 287 g/mol. The molecule has 1 aromatic rings. The van der Waals surface area contributed by atoms with Crippen molar-refractivity contribution in [3.05, 3.63) is 23.1 Å².